The third kappa shape index (κ3) is 6.20. The second-order valence-electron chi connectivity index (χ2n) is 7.40. The van der Waals surface area contributed by atoms with Crippen molar-refractivity contribution in [1.82, 2.24) is 15.1 Å². The Morgan fingerprint density at radius 3 is 2.52 bits per heavy atom. The zero-order chi connectivity index (χ0) is 23.6. The molecule has 33 heavy (non-hydrogen) atoms. The lowest BCUT2D eigenvalue weighted by Gasteiger charge is -2.06. The number of anilines is 1. The number of ketones is 1. The molecule has 3 N–H and O–H groups in total. The van der Waals surface area contributed by atoms with E-state index >= 15 is 0 Å². The van der Waals surface area contributed by atoms with E-state index in [9.17, 15) is 14.9 Å². The molecule has 0 spiro atoms. The average Bonchev–Trinajstić information content (AvgIpc) is 3.16. The van der Waals surface area contributed by atoms with E-state index in [1.54, 1.807) is 28.9 Å². The summed E-state index contributed by atoms with van der Waals surface area (Å²) in [6.45, 7) is 2.87. The molecule has 1 heterocycles. The van der Waals surface area contributed by atoms with Gasteiger partial charge in [-0.2, -0.15) is 10.4 Å². The molecule has 1 amide bonds. The summed E-state index contributed by atoms with van der Waals surface area (Å²) in [6, 6.07) is 18.4. The first-order chi connectivity index (χ1) is 16.0. The maximum Gasteiger partial charge on any atom is 0.220 e. The highest BCUT2D eigenvalue weighted by molar-refractivity contribution is 5.98. The molecular formula is C25H27N5O3. The third-order valence-corrected chi connectivity index (χ3v) is 5.09. The van der Waals surface area contributed by atoms with Crippen LogP contribution in [0.5, 0.6) is 5.75 Å². The fraction of sp³-hybridized carbons (Fsp3) is 0.280. The Balaban J connectivity index is 1.45. The minimum Gasteiger partial charge on any atom is -0.494 e. The Labute approximate surface area is 193 Å². The number of hydrogen-bond donors (Lipinski definition) is 2. The standard InChI is InChI=1S/C25H27N5O3/c1-2-33-20-12-10-18(11-13-20)23(31)14-15-24(32)28-16-6-9-22-21(17-26)25(27)30(29-22)19-7-4-3-5-8-19/h3-5,7-8,10-13H,2,6,9,14-16,27H2,1H3,(H,28,32). The molecule has 8 heteroatoms. The molecule has 8 nitrogen and oxygen atoms in total. The second-order valence-corrected chi connectivity index (χ2v) is 7.40. The number of benzene rings is 2. The van der Waals surface area contributed by atoms with Crippen molar-refractivity contribution < 1.29 is 14.3 Å². The minimum absolute atomic E-state index is 0.0891. The topological polar surface area (TPSA) is 123 Å². The lowest BCUT2D eigenvalue weighted by Crippen LogP contribution is -2.25. The van der Waals surface area contributed by atoms with Crippen LogP contribution >= 0.6 is 0 Å². The first kappa shape index (κ1) is 23.5. The summed E-state index contributed by atoms with van der Waals surface area (Å²) in [5.41, 5.74) is 8.39. The number of para-hydroxylation sites is 1. The number of nitrogens with one attached hydrogen (secondary N) is 1. The summed E-state index contributed by atoms with van der Waals surface area (Å²) in [5, 5.41) is 16.8. The number of carbonyl (C=O) groups is 2. The van der Waals surface area contributed by atoms with Gasteiger partial charge in [0.25, 0.3) is 0 Å². The Bertz CT molecular complexity index is 1130. The van der Waals surface area contributed by atoms with Gasteiger partial charge >= 0.3 is 0 Å². The molecule has 0 aliphatic heterocycles. The van der Waals surface area contributed by atoms with Gasteiger partial charge in [-0.15, -0.1) is 0 Å². The van der Waals surface area contributed by atoms with Gasteiger partial charge in [-0.3, -0.25) is 9.59 Å². The summed E-state index contributed by atoms with van der Waals surface area (Å²) < 4.78 is 6.92. The Morgan fingerprint density at radius 1 is 1.12 bits per heavy atom. The predicted molar refractivity (Wildman–Crippen MR) is 125 cm³/mol. The number of aromatic nitrogens is 2. The van der Waals surface area contributed by atoms with Crippen molar-refractivity contribution in [3.8, 4) is 17.5 Å². The molecule has 2 aromatic carbocycles. The quantitative estimate of drug-likeness (QED) is 0.344. The van der Waals surface area contributed by atoms with E-state index in [2.05, 4.69) is 16.5 Å². The van der Waals surface area contributed by atoms with E-state index in [4.69, 9.17) is 10.5 Å². The van der Waals surface area contributed by atoms with Crippen LogP contribution in [0.1, 0.15) is 47.8 Å². The van der Waals surface area contributed by atoms with Crippen LogP contribution in [0.2, 0.25) is 0 Å². The molecule has 0 atom stereocenters. The first-order valence-electron chi connectivity index (χ1n) is 10.9. The van der Waals surface area contributed by atoms with E-state index in [0.717, 1.165) is 5.69 Å². The minimum atomic E-state index is -0.191. The van der Waals surface area contributed by atoms with E-state index in [0.29, 0.717) is 54.4 Å². The van der Waals surface area contributed by atoms with Crippen molar-refractivity contribution in [2.24, 2.45) is 0 Å². The third-order valence-electron chi connectivity index (χ3n) is 5.09. The molecule has 0 aliphatic carbocycles. The first-order valence-corrected chi connectivity index (χ1v) is 10.9. The average molecular weight is 446 g/mol. The van der Waals surface area contributed by atoms with Gasteiger partial charge in [0, 0.05) is 24.9 Å². The van der Waals surface area contributed by atoms with Crippen molar-refractivity contribution >= 4 is 17.5 Å². The van der Waals surface area contributed by atoms with Gasteiger partial charge in [0.2, 0.25) is 5.91 Å². The molecule has 0 fully saturated rings. The summed E-state index contributed by atoms with van der Waals surface area (Å²) in [5.74, 6) is 0.732. The Kier molecular flexibility index (Phi) is 8.19. The second kappa shape index (κ2) is 11.5. The molecule has 0 saturated heterocycles. The number of nitrogens with two attached hydrogens (primary N) is 1. The number of carbonyl (C=O) groups excluding carboxylic acids is 2. The summed E-state index contributed by atoms with van der Waals surface area (Å²) >= 11 is 0. The SMILES string of the molecule is CCOc1ccc(C(=O)CCC(=O)NCCCc2nn(-c3ccccc3)c(N)c2C#N)cc1. The van der Waals surface area contributed by atoms with E-state index in [1.165, 1.54) is 0 Å². The number of aryl methyl sites for hydroxylation is 1. The van der Waals surface area contributed by atoms with Gasteiger partial charge in [-0.05, 0) is 56.2 Å². The van der Waals surface area contributed by atoms with E-state index < -0.39 is 0 Å². The molecule has 0 aliphatic rings. The fourth-order valence-electron chi connectivity index (χ4n) is 3.39. The zero-order valence-corrected chi connectivity index (χ0v) is 18.6. The van der Waals surface area contributed by atoms with Crippen LogP contribution in [-0.2, 0) is 11.2 Å². The van der Waals surface area contributed by atoms with Gasteiger partial charge < -0.3 is 15.8 Å². The molecule has 1 aromatic heterocycles. The number of ether oxygens (including phenoxy) is 1. The molecule has 3 rings (SSSR count). The molecule has 170 valence electrons. The lowest BCUT2D eigenvalue weighted by molar-refractivity contribution is -0.121. The van der Waals surface area contributed by atoms with E-state index in [-0.39, 0.29) is 24.5 Å². The molecule has 3 aromatic rings. The molecule has 0 unspecified atom stereocenters. The normalized spacial score (nSPS) is 10.4. The van der Waals surface area contributed by atoms with Crippen LogP contribution in [0.4, 0.5) is 5.82 Å². The van der Waals surface area contributed by atoms with Crippen LogP contribution in [0.15, 0.2) is 54.6 Å². The summed E-state index contributed by atoms with van der Waals surface area (Å²) in [7, 11) is 0. The number of nitriles is 1. The highest BCUT2D eigenvalue weighted by atomic mass is 16.5. The van der Waals surface area contributed by atoms with Gasteiger partial charge in [-0.1, -0.05) is 18.2 Å². The van der Waals surface area contributed by atoms with Crippen LogP contribution in [0, 0.1) is 11.3 Å². The van der Waals surface area contributed by atoms with Crippen molar-refractivity contribution in [2.75, 3.05) is 18.9 Å². The Hall–Kier alpha value is -4.12. The number of nitrogen functional groups attached to an aromatic ring is 1. The predicted octanol–water partition coefficient (Wildman–Crippen LogP) is 3.44. The molecule has 0 bridgehead atoms. The zero-order valence-electron chi connectivity index (χ0n) is 18.6. The Morgan fingerprint density at radius 2 is 1.85 bits per heavy atom. The van der Waals surface area contributed by atoms with Crippen LogP contribution in [0.25, 0.3) is 5.69 Å². The van der Waals surface area contributed by atoms with Gasteiger partial charge in [0.15, 0.2) is 5.78 Å². The van der Waals surface area contributed by atoms with Crippen molar-refractivity contribution in [3.05, 3.63) is 71.4 Å². The molecular weight excluding hydrogens is 418 g/mol. The monoisotopic (exact) mass is 445 g/mol. The van der Waals surface area contributed by atoms with Crippen LogP contribution in [0.3, 0.4) is 0 Å². The number of rotatable bonds is 11. The van der Waals surface area contributed by atoms with Crippen molar-refractivity contribution in [3.63, 3.8) is 0 Å². The lowest BCUT2D eigenvalue weighted by atomic mass is 10.1. The van der Waals surface area contributed by atoms with Crippen molar-refractivity contribution in [2.45, 2.75) is 32.6 Å². The van der Waals surface area contributed by atoms with Crippen LogP contribution < -0.4 is 15.8 Å². The summed E-state index contributed by atoms with van der Waals surface area (Å²) in [4.78, 5) is 24.4. The maximum absolute atomic E-state index is 12.3. The molecule has 0 radical (unpaired) electrons. The fourth-order valence-corrected chi connectivity index (χ4v) is 3.39. The number of Topliss-reactive ketones (excluding diaryl/α,β-unsaturated/α-hetero) is 1. The highest BCUT2D eigenvalue weighted by Crippen LogP contribution is 2.21. The number of nitrogens with zero attached hydrogens (tertiary/aromatic N) is 3. The van der Waals surface area contributed by atoms with Gasteiger partial charge in [-0.25, -0.2) is 4.68 Å². The highest BCUT2D eigenvalue weighted by Gasteiger charge is 2.16. The van der Waals surface area contributed by atoms with Crippen LogP contribution in [-0.4, -0.2) is 34.6 Å². The smallest absolute Gasteiger partial charge is 0.220 e. The number of hydrogen-bond acceptors (Lipinski definition) is 6. The van der Waals surface area contributed by atoms with E-state index in [1.807, 2.05) is 37.3 Å². The number of amides is 1. The summed E-state index contributed by atoms with van der Waals surface area (Å²) in [6.07, 6.45) is 1.35. The maximum atomic E-state index is 12.3. The van der Waals surface area contributed by atoms with Gasteiger partial charge in [0.1, 0.15) is 23.2 Å². The van der Waals surface area contributed by atoms with Crippen molar-refractivity contribution in [1.29, 1.82) is 5.26 Å². The largest absolute Gasteiger partial charge is 0.494 e. The van der Waals surface area contributed by atoms with Gasteiger partial charge in [0.05, 0.1) is 18.0 Å². The molecule has 0 saturated carbocycles.